The van der Waals surface area contributed by atoms with E-state index in [1.54, 1.807) is 6.92 Å². The Morgan fingerprint density at radius 1 is 0.943 bits per heavy atom. The van der Waals surface area contributed by atoms with Crippen molar-refractivity contribution < 1.29 is 34.3 Å². The lowest BCUT2D eigenvalue weighted by atomic mass is 9.42. The highest BCUT2D eigenvalue weighted by molar-refractivity contribution is 5.74. The van der Waals surface area contributed by atoms with Gasteiger partial charge in [-0.05, 0) is 93.3 Å². The van der Waals surface area contributed by atoms with Crippen LogP contribution in [0.3, 0.4) is 0 Å². The lowest BCUT2D eigenvalue weighted by Crippen LogP contribution is -2.67. The number of aliphatic hydroxyl groups is 3. The zero-order chi connectivity index (χ0) is 25.3. The van der Waals surface area contributed by atoms with Crippen molar-refractivity contribution in [2.24, 2.45) is 40.2 Å². The quantitative estimate of drug-likeness (QED) is 0.346. The van der Waals surface area contributed by atoms with Gasteiger partial charge < -0.3 is 35.3 Å². The number of esters is 1. The van der Waals surface area contributed by atoms with Crippen LogP contribution in [0.15, 0.2) is 0 Å². The van der Waals surface area contributed by atoms with Crippen molar-refractivity contribution in [3.8, 4) is 0 Å². The van der Waals surface area contributed by atoms with Crippen LogP contribution in [0.1, 0.15) is 78.6 Å². The molecule has 0 aromatic heterocycles. The Balaban J connectivity index is 1.29. The van der Waals surface area contributed by atoms with Crippen LogP contribution in [0.25, 0.3) is 0 Å². The number of nitrogens with two attached hydrogens (primary N) is 1. The number of ether oxygens (including phenoxy) is 3. The smallest absolute Gasteiger partial charge is 0.309 e. The average molecular weight is 496 g/mol. The molecule has 4 saturated carbocycles. The highest BCUT2D eigenvalue weighted by Gasteiger charge is 2.67. The van der Waals surface area contributed by atoms with Gasteiger partial charge in [-0.25, -0.2) is 0 Å². The van der Waals surface area contributed by atoms with Gasteiger partial charge in [0, 0.05) is 5.54 Å². The maximum atomic E-state index is 12.6. The fourth-order valence-electron chi connectivity index (χ4n) is 9.25. The Bertz CT molecular complexity index is 825. The lowest BCUT2D eigenvalue weighted by Gasteiger charge is -2.64. The highest BCUT2D eigenvalue weighted by atomic mass is 16.7. The molecule has 0 spiro atoms. The molecule has 0 bridgehead atoms. The summed E-state index contributed by atoms with van der Waals surface area (Å²) < 4.78 is 17.1. The standard InChI is InChI=1S/C27H45NO7/c1-14-20(29)21(30)22(31)24(34-14)35-16-7-10-25(2)15(13-16)5-6-18-17(25)8-11-26(3)19(23(32)33-4)9-12-27(18,26)28/h14-22,24,29-31H,5-13,28H2,1-4H3/t14-,15+,16-,17-,18+,19+,20-,21+,22+,24-,25-,26+,27-/m0/s1. The van der Waals surface area contributed by atoms with Gasteiger partial charge in [-0.3, -0.25) is 4.79 Å². The van der Waals surface area contributed by atoms with E-state index in [-0.39, 0.29) is 34.4 Å². The average Bonchev–Trinajstić information content (AvgIpc) is 3.12. The number of hydrogen-bond donors (Lipinski definition) is 4. The third-order valence-corrected chi connectivity index (χ3v) is 11.6. The van der Waals surface area contributed by atoms with Crippen molar-refractivity contribution in [1.29, 1.82) is 0 Å². The summed E-state index contributed by atoms with van der Waals surface area (Å²) in [5, 5.41) is 30.5. The first-order valence-corrected chi connectivity index (χ1v) is 13.7. The second-order valence-corrected chi connectivity index (χ2v) is 12.8. The minimum atomic E-state index is -1.27. The van der Waals surface area contributed by atoms with Crippen LogP contribution in [-0.4, -0.2) is 70.7 Å². The van der Waals surface area contributed by atoms with Crippen molar-refractivity contribution in [1.82, 2.24) is 0 Å². The largest absolute Gasteiger partial charge is 0.469 e. The zero-order valence-electron chi connectivity index (χ0n) is 21.7. The molecule has 200 valence electrons. The predicted octanol–water partition coefficient (Wildman–Crippen LogP) is 2.11. The van der Waals surface area contributed by atoms with Crippen LogP contribution in [-0.2, 0) is 19.0 Å². The molecule has 13 atom stereocenters. The van der Waals surface area contributed by atoms with Crippen LogP contribution in [0.2, 0.25) is 0 Å². The van der Waals surface area contributed by atoms with E-state index in [1.807, 2.05) is 0 Å². The molecule has 0 aromatic carbocycles. The first kappa shape index (κ1) is 25.9. The number of carbonyl (C=O) groups is 1. The van der Waals surface area contributed by atoms with Crippen molar-refractivity contribution in [3.63, 3.8) is 0 Å². The maximum absolute atomic E-state index is 12.6. The van der Waals surface area contributed by atoms with Gasteiger partial charge in [0.25, 0.3) is 0 Å². The van der Waals surface area contributed by atoms with Gasteiger partial charge in [0.2, 0.25) is 0 Å². The van der Waals surface area contributed by atoms with Gasteiger partial charge in [-0.2, -0.15) is 0 Å². The van der Waals surface area contributed by atoms with Gasteiger partial charge in [0.05, 0.1) is 25.2 Å². The molecule has 5 aliphatic rings. The monoisotopic (exact) mass is 495 g/mol. The highest BCUT2D eigenvalue weighted by Crippen LogP contribution is 2.68. The molecule has 0 amide bonds. The summed E-state index contributed by atoms with van der Waals surface area (Å²) in [6.07, 6.45) is 3.50. The van der Waals surface area contributed by atoms with Crippen LogP contribution >= 0.6 is 0 Å². The fourth-order valence-corrected chi connectivity index (χ4v) is 9.25. The van der Waals surface area contributed by atoms with Crippen LogP contribution in [0, 0.1) is 34.5 Å². The van der Waals surface area contributed by atoms with Crippen molar-refractivity contribution in [2.45, 2.75) is 121 Å². The number of fused-ring (bicyclic) bond motifs is 5. The Labute approximate surface area is 208 Å². The summed E-state index contributed by atoms with van der Waals surface area (Å²) in [7, 11) is 1.49. The number of aliphatic hydroxyl groups excluding tert-OH is 3. The fraction of sp³-hybridized carbons (Fsp3) is 0.963. The van der Waals surface area contributed by atoms with Crippen molar-refractivity contribution in [2.75, 3.05) is 7.11 Å². The lowest BCUT2D eigenvalue weighted by molar-refractivity contribution is -0.309. The molecule has 5 rings (SSSR count). The molecule has 0 aromatic rings. The number of methoxy groups -OCH3 is 1. The third kappa shape index (κ3) is 3.73. The predicted molar refractivity (Wildman–Crippen MR) is 128 cm³/mol. The first-order valence-electron chi connectivity index (χ1n) is 13.7. The summed E-state index contributed by atoms with van der Waals surface area (Å²) in [4.78, 5) is 12.6. The van der Waals surface area contributed by atoms with E-state index >= 15 is 0 Å². The van der Waals surface area contributed by atoms with Crippen molar-refractivity contribution in [3.05, 3.63) is 0 Å². The molecule has 5 N–H and O–H groups in total. The molecule has 1 heterocycles. The van der Waals surface area contributed by atoms with Crippen LogP contribution in [0.5, 0.6) is 0 Å². The van der Waals surface area contributed by atoms with E-state index < -0.39 is 30.7 Å². The topological polar surface area (TPSA) is 131 Å². The Morgan fingerprint density at radius 3 is 2.40 bits per heavy atom. The summed E-state index contributed by atoms with van der Waals surface area (Å²) in [6.45, 7) is 6.36. The Kier molecular flexibility index (Phi) is 6.59. The van der Waals surface area contributed by atoms with Gasteiger partial charge in [0.1, 0.15) is 18.3 Å². The molecule has 35 heavy (non-hydrogen) atoms. The second kappa shape index (κ2) is 8.91. The molecule has 5 fully saturated rings. The third-order valence-electron chi connectivity index (χ3n) is 11.6. The SMILES string of the molecule is COC(=O)[C@H]1CC[C@]2(N)[C@@H]3CC[C@@H]4C[C@@H](O[C@@H]5O[C@@H](C)[C@H](O)[C@@H](O)[C@H]5O)CC[C@]4(C)[C@H]3CC[C@]12C. The van der Waals surface area contributed by atoms with Gasteiger partial charge in [-0.1, -0.05) is 13.8 Å². The molecule has 0 unspecified atom stereocenters. The normalized spacial score (nSPS) is 56.0. The summed E-state index contributed by atoms with van der Waals surface area (Å²) >= 11 is 0. The van der Waals surface area contributed by atoms with E-state index in [1.165, 1.54) is 7.11 Å². The summed E-state index contributed by atoms with van der Waals surface area (Å²) in [5.74, 6) is 1.24. The van der Waals surface area contributed by atoms with E-state index in [4.69, 9.17) is 19.9 Å². The zero-order valence-corrected chi connectivity index (χ0v) is 21.7. The molecular weight excluding hydrogens is 450 g/mol. The Hall–Kier alpha value is -0.770. The van der Waals surface area contributed by atoms with Crippen LogP contribution in [0.4, 0.5) is 0 Å². The van der Waals surface area contributed by atoms with Gasteiger partial charge in [0.15, 0.2) is 6.29 Å². The summed E-state index contributed by atoms with van der Waals surface area (Å²) in [6, 6.07) is 0. The van der Waals surface area contributed by atoms with E-state index in [2.05, 4.69) is 13.8 Å². The van der Waals surface area contributed by atoms with Crippen molar-refractivity contribution >= 4 is 5.97 Å². The first-order chi connectivity index (χ1) is 16.5. The molecule has 0 radical (unpaired) electrons. The van der Waals surface area contributed by atoms with Crippen LogP contribution < -0.4 is 5.73 Å². The maximum Gasteiger partial charge on any atom is 0.309 e. The van der Waals surface area contributed by atoms with E-state index in [9.17, 15) is 20.1 Å². The second-order valence-electron chi connectivity index (χ2n) is 12.8. The van der Waals surface area contributed by atoms with Gasteiger partial charge >= 0.3 is 5.97 Å². The van der Waals surface area contributed by atoms with E-state index in [0.29, 0.717) is 17.8 Å². The minimum absolute atomic E-state index is 0.0465. The van der Waals surface area contributed by atoms with E-state index in [0.717, 1.165) is 57.8 Å². The molecule has 4 aliphatic carbocycles. The Morgan fingerprint density at radius 2 is 1.69 bits per heavy atom. The number of hydrogen-bond acceptors (Lipinski definition) is 8. The molecule has 8 nitrogen and oxygen atoms in total. The number of carbonyl (C=O) groups excluding carboxylic acids is 1. The molecule has 1 aliphatic heterocycles. The molecule has 8 heteroatoms. The number of rotatable bonds is 3. The minimum Gasteiger partial charge on any atom is -0.469 e. The van der Waals surface area contributed by atoms with Gasteiger partial charge in [-0.15, -0.1) is 0 Å². The summed E-state index contributed by atoms with van der Waals surface area (Å²) in [5.41, 5.74) is 6.94. The molecule has 1 saturated heterocycles. The molecular formula is C27H45NO7.